The van der Waals surface area contributed by atoms with Crippen LogP contribution in [-0.2, 0) is 20.9 Å². The average Bonchev–Trinajstić information content (AvgIpc) is 3.35. The normalized spacial score (nSPS) is 22.4. The van der Waals surface area contributed by atoms with Crippen LogP contribution in [-0.4, -0.2) is 53.5 Å². The molecule has 2 saturated heterocycles. The summed E-state index contributed by atoms with van der Waals surface area (Å²) in [6.07, 6.45) is 5.22. The molecule has 0 aliphatic carbocycles. The average molecular weight is 441 g/mol. The van der Waals surface area contributed by atoms with Crippen LogP contribution in [0, 0.1) is 0 Å². The molecule has 164 valence electrons. The van der Waals surface area contributed by atoms with Gasteiger partial charge >= 0.3 is 0 Å². The van der Waals surface area contributed by atoms with Gasteiger partial charge in [-0.05, 0) is 44.0 Å². The van der Waals surface area contributed by atoms with E-state index in [1.807, 2.05) is 29.6 Å². The molecule has 8 heteroatoms. The topological polar surface area (TPSA) is 74.8 Å². The van der Waals surface area contributed by atoms with E-state index in [1.54, 1.807) is 11.0 Å². The fraction of sp³-hybridized carbons (Fsp3) is 0.435. The van der Waals surface area contributed by atoms with Crippen molar-refractivity contribution < 1.29 is 14.3 Å². The lowest BCUT2D eigenvalue weighted by atomic mass is 10.2. The third-order valence-corrected chi connectivity index (χ3v) is 6.17. The fourth-order valence-electron chi connectivity index (χ4n) is 4.09. The molecule has 0 bridgehead atoms. The van der Waals surface area contributed by atoms with Gasteiger partial charge in [0.1, 0.15) is 0 Å². The summed E-state index contributed by atoms with van der Waals surface area (Å²) >= 11 is 1.43. The molecule has 2 aliphatic heterocycles. The summed E-state index contributed by atoms with van der Waals surface area (Å²) in [4.78, 5) is 32.8. The molecule has 0 radical (unpaired) electrons. The van der Waals surface area contributed by atoms with Gasteiger partial charge in [-0.15, -0.1) is 11.3 Å². The van der Waals surface area contributed by atoms with Crippen molar-refractivity contribution in [3.05, 3.63) is 47.0 Å². The summed E-state index contributed by atoms with van der Waals surface area (Å²) in [5.41, 5.74) is 2.77. The highest BCUT2D eigenvalue weighted by atomic mass is 32.1. The van der Waals surface area contributed by atoms with Crippen molar-refractivity contribution in [3.8, 4) is 0 Å². The number of nitrogens with zero attached hydrogens (tertiary/aromatic N) is 3. The molecule has 31 heavy (non-hydrogen) atoms. The Bertz CT molecular complexity index is 946. The minimum Gasteiger partial charge on any atom is -0.373 e. The number of amides is 2. The van der Waals surface area contributed by atoms with Gasteiger partial charge in [0, 0.05) is 49.7 Å². The van der Waals surface area contributed by atoms with Gasteiger partial charge in [-0.1, -0.05) is 12.1 Å². The lowest BCUT2D eigenvalue weighted by molar-refractivity contribution is -0.117. The molecular formula is C23H28N4O3S. The quantitative estimate of drug-likeness (QED) is 0.696. The smallest absolute Gasteiger partial charge is 0.250 e. The van der Waals surface area contributed by atoms with E-state index in [1.165, 1.54) is 17.4 Å². The first kappa shape index (κ1) is 21.7. The molecule has 1 aromatic carbocycles. The number of benzene rings is 1. The van der Waals surface area contributed by atoms with Gasteiger partial charge in [-0.3, -0.25) is 19.8 Å². The highest BCUT2D eigenvalue weighted by Crippen LogP contribution is 2.22. The molecule has 0 spiro atoms. The second-order valence-corrected chi connectivity index (χ2v) is 9.02. The molecule has 7 nitrogen and oxygen atoms in total. The lowest BCUT2D eigenvalue weighted by Crippen LogP contribution is -2.44. The van der Waals surface area contributed by atoms with Crippen LogP contribution in [0.2, 0.25) is 0 Å². The molecule has 2 amide bonds. The van der Waals surface area contributed by atoms with Crippen LogP contribution in [0.4, 0.5) is 10.8 Å². The molecule has 2 aromatic rings. The Hall–Kier alpha value is -2.55. The summed E-state index contributed by atoms with van der Waals surface area (Å²) in [5, 5.41) is 5.42. The van der Waals surface area contributed by atoms with E-state index in [0.29, 0.717) is 11.6 Å². The maximum absolute atomic E-state index is 12.3. The zero-order chi connectivity index (χ0) is 21.8. The first-order valence-electron chi connectivity index (χ1n) is 10.7. The Kier molecular flexibility index (Phi) is 6.80. The zero-order valence-corrected chi connectivity index (χ0v) is 18.7. The maximum Gasteiger partial charge on any atom is 0.250 e. The summed E-state index contributed by atoms with van der Waals surface area (Å²) in [6.45, 7) is 7.47. The predicted octanol–water partition coefficient (Wildman–Crippen LogP) is 3.53. The number of nitrogens with one attached hydrogen (secondary N) is 1. The van der Waals surface area contributed by atoms with Gasteiger partial charge in [0.15, 0.2) is 5.13 Å². The second-order valence-electron chi connectivity index (χ2n) is 8.16. The van der Waals surface area contributed by atoms with Crippen molar-refractivity contribution >= 4 is 40.0 Å². The van der Waals surface area contributed by atoms with E-state index < -0.39 is 0 Å². The van der Waals surface area contributed by atoms with Crippen molar-refractivity contribution in [2.45, 2.75) is 45.4 Å². The summed E-state index contributed by atoms with van der Waals surface area (Å²) in [7, 11) is 0. The van der Waals surface area contributed by atoms with Crippen molar-refractivity contribution in [2.75, 3.05) is 29.9 Å². The Morgan fingerprint density at radius 2 is 2.00 bits per heavy atom. The number of aromatic nitrogens is 1. The number of ether oxygens (including phenoxy) is 1. The molecule has 1 N–H and O–H groups in total. The van der Waals surface area contributed by atoms with Crippen LogP contribution in [0.15, 0.2) is 35.7 Å². The largest absolute Gasteiger partial charge is 0.373 e. The minimum atomic E-state index is -0.215. The van der Waals surface area contributed by atoms with Gasteiger partial charge < -0.3 is 9.64 Å². The molecular weight excluding hydrogens is 412 g/mol. The van der Waals surface area contributed by atoms with E-state index in [4.69, 9.17) is 4.74 Å². The van der Waals surface area contributed by atoms with Gasteiger partial charge in [-0.2, -0.15) is 0 Å². The van der Waals surface area contributed by atoms with Gasteiger partial charge in [0.25, 0.3) is 0 Å². The van der Waals surface area contributed by atoms with Crippen LogP contribution in [0.3, 0.4) is 0 Å². The molecule has 3 heterocycles. The number of anilines is 2. The van der Waals surface area contributed by atoms with Gasteiger partial charge in [0.2, 0.25) is 11.8 Å². The van der Waals surface area contributed by atoms with Gasteiger partial charge in [-0.25, -0.2) is 4.98 Å². The highest BCUT2D eigenvalue weighted by molar-refractivity contribution is 7.13. The van der Waals surface area contributed by atoms with Crippen LogP contribution in [0.5, 0.6) is 0 Å². The van der Waals surface area contributed by atoms with Crippen LogP contribution in [0.1, 0.15) is 37.9 Å². The number of morpholine rings is 1. The summed E-state index contributed by atoms with van der Waals surface area (Å²) < 4.78 is 5.77. The van der Waals surface area contributed by atoms with Crippen molar-refractivity contribution in [1.29, 1.82) is 0 Å². The zero-order valence-electron chi connectivity index (χ0n) is 17.9. The number of hydrogen-bond acceptors (Lipinski definition) is 6. The van der Waals surface area contributed by atoms with E-state index >= 15 is 0 Å². The summed E-state index contributed by atoms with van der Waals surface area (Å²) in [6, 6.07) is 7.66. The predicted molar refractivity (Wildman–Crippen MR) is 123 cm³/mol. The number of rotatable bonds is 6. The molecule has 4 rings (SSSR count). The fourth-order valence-corrected chi connectivity index (χ4v) is 4.79. The lowest BCUT2D eigenvalue weighted by Gasteiger charge is -2.34. The monoisotopic (exact) mass is 440 g/mol. The summed E-state index contributed by atoms with van der Waals surface area (Å²) in [5.74, 6) is -0.0450. The van der Waals surface area contributed by atoms with Gasteiger partial charge in [0.05, 0.1) is 17.9 Å². The standard InChI is InChI=1S/C23H28N4O3S/c1-16-12-26(13-17(2)30-16)14-19-15-31-23(24-19)25-21(28)10-7-18-5-8-20(9-6-18)27-11-3-4-22(27)29/h5-10,15-17H,3-4,11-14H2,1-2H3,(H,24,25,28)/b10-7+. The van der Waals surface area contributed by atoms with Crippen molar-refractivity contribution in [3.63, 3.8) is 0 Å². The molecule has 2 atom stereocenters. The molecule has 2 unspecified atom stereocenters. The Morgan fingerprint density at radius 3 is 2.68 bits per heavy atom. The number of carbonyl (C=O) groups excluding carboxylic acids is 2. The Morgan fingerprint density at radius 1 is 1.26 bits per heavy atom. The molecule has 0 saturated carbocycles. The minimum absolute atomic E-state index is 0.170. The maximum atomic E-state index is 12.3. The third-order valence-electron chi connectivity index (χ3n) is 5.37. The highest BCUT2D eigenvalue weighted by Gasteiger charge is 2.23. The first-order chi connectivity index (χ1) is 15.0. The second kappa shape index (κ2) is 9.72. The number of hydrogen-bond donors (Lipinski definition) is 1. The van der Waals surface area contributed by atoms with E-state index in [2.05, 4.69) is 29.0 Å². The first-order valence-corrected chi connectivity index (χ1v) is 11.6. The Labute approximate surface area is 186 Å². The third kappa shape index (κ3) is 5.78. The Balaban J connectivity index is 1.29. The van der Waals surface area contributed by atoms with Crippen LogP contribution >= 0.6 is 11.3 Å². The SMILES string of the molecule is CC1CN(Cc2csc(NC(=O)/C=C/c3ccc(N4CCCC4=O)cc3)n2)CC(C)O1. The van der Waals surface area contributed by atoms with E-state index in [-0.39, 0.29) is 24.0 Å². The number of thiazole rings is 1. The molecule has 2 fully saturated rings. The molecule has 1 aromatic heterocycles. The van der Waals surface area contributed by atoms with Crippen LogP contribution in [0.25, 0.3) is 6.08 Å². The van der Waals surface area contributed by atoms with E-state index in [0.717, 1.165) is 49.5 Å². The number of carbonyl (C=O) groups is 2. The molecule has 2 aliphatic rings. The van der Waals surface area contributed by atoms with E-state index in [9.17, 15) is 9.59 Å². The van der Waals surface area contributed by atoms with Crippen molar-refractivity contribution in [1.82, 2.24) is 9.88 Å². The van der Waals surface area contributed by atoms with Crippen molar-refractivity contribution in [2.24, 2.45) is 0 Å². The van der Waals surface area contributed by atoms with Crippen LogP contribution < -0.4 is 10.2 Å².